The fourth-order valence-electron chi connectivity index (χ4n) is 2.53. The van der Waals surface area contributed by atoms with E-state index in [2.05, 4.69) is 10.3 Å². The third-order valence-corrected chi connectivity index (χ3v) is 3.68. The van der Waals surface area contributed by atoms with Gasteiger partial charge in [0.1, 0.15) is 17.1 Å². The first kappa shape index (κ1) is 16.2. The molecule has 22 heavy (non-hydrogen) atoms. The maximum atomic E-state index is 12.3. The van der Waals surface area contributed by atoms with Crippen LogP contribution in [-0.4, -0.2) is 22.5 Å². The standard InChI is InChI=1S/C17H22N2O3/c1-10-6-7-14(12(3)19-10)16(20)18-9-17(5,21)15-8-11(2)22-13(15)4/h6-8,21H,9H2,1-5H3,(H,18,20). The Labute approximate surface area is 130 Å². The molecule has 1 atom stereocenters. The number of carbonyl (C=O) groups is 1. The van der Waals surface area contributed by atoms with E-state index < -0.39 is 5.60 Å². The Morgan fingerprint density at radius 3 is 2.55 bits per heavy atom. The van der Waals surface area contributed by atoms with E-state index in [1.807, 2.05) is 13.8 Å². The Kier molecular flexibility index (Phi) is 4.37. The molecule has 5 heteroatoms. The summed E-state index contributed by atoms with van der Waals surface area (Å²) in [6.45, 7) is 9.05. The zero-order valence-electron chi connectivity index (χ0n) is 13.7. The minimum atomic E-state index is -1.19. The number of carbonyl (C=O) groups excluding carboxylic acids is 1. The molecule has 0 aliphatic carbocycles. The fraction of sp³-hybridized carbons (Fsp3) is 0.412. The second kappa shape index (κ2) is 5.93. The first-order chi connectivity index (χ1) is 10.2. The molecule has 5 nitrogen and oxygen atoms in total. The van der Waals surface area contributed by atoms with Crippen molar-refractivity contribution >= 4 is 5.91 Å². The van der Waals surface area contributed by atoms with Crippen LogP contribution in [0.5, 0.6) is 0 Å². The van der Waals surface area contributed by atoms with E-state index in [-0.39, 0.29) is 12.5 Å². The molecule has 0 saturated carbocycles. The zero-order valence-corrected chi connectivity index (χ0v) is 13.7. The number of hydrogen-bond donors (Lipinski definition) is 2. The minimum Gasteiger partial charge on any atom is -0.466 e. The number of aromatic nitrogens is 1. The summed E-state index contributed by atoms with van der Waals surface area (Å²) in [7, 11) is 0. The molecular weight excluding hydrogens is 280 g/mol. The summed E-state index contributed by atoms with van der Waals surface area (Å²) in [4.78, 5) is 16.5. The Hall–Kier alpha value is -2.14. The van der Waals surface area contributed by atoms with Gasteiger partial charge >= 0.3 is 0 Å². The van der Waals surface area contributed by atoms with Crippen LogP contribution in [0, 0.1) is 27.7 Å². The van der Waals surface area contributed by atoms with Gasteiger partial charge in [0, 0.05) is 11.3 Å². The molecule has 0 fully saturated rings. The van der Waals surface area contributed by atoms with Crippen molar-refractivity contribution in [3.8, 4) is 0 Å². The summed E-state index contributed by atoms with van der Waals surface area (Å²) in [6, 6.07) is 5.33. The average Bonchev–Trinajstić information content (AvgIpc) is 2.76. The van der Waals surface area contributed by atoms with Crippen LogP contribution in [0.15, 0.2) is 22.6 Å². The summed E-state index contributed by atoms with van der Waals surface area (Å²) in [5.41, 5.74) is 1.55. The van der Waals surface area contributed by atoms with Gasteiger partial charge in [-0.25, -0.2) is 0 Å². The number of amides is 1. The van der Waals surface area contributed by atoms with Crippen LogP contribution in [0.2, 0.25) is 0 Å². The molecule has 0 aromatic carbocycles. The van der Waals surface area contributed by atoms with E-state index in [0.717, 1.165) is 11.5 Å². The Morgan fingerprint density at radius 1 is 1.32 bits per heavy atom. The highest BCUT2D eigenvalue weighted by molar-refractivity contribution is 5.95. The number of nitrogens with one attached hydrogen (secondary N) is 1. The van der Waals surface area contributed by atoms with Crippen LogP contribution in [0.4, 0.5) is 0 Å². The van der Waals surface area contributed by atoms with Crippen LogP contribution >= 0.6 is 0 Å². The summed E-state index contributed by atoms with van der Waals surface area (Å²) in [6.07, 6.45) is 0. The van der Waals surface area contributed by atoms with Crippen LogP contribution in [-0.2, 0) is 5.60 Å². The molecular formula is C17H22N2O3. The molecule has 0 radical (unpaired) electrons. The minimum absolute atomic E-state index is 0.0962. The smallest absolute Gasteiger partial charge is 0.253 e. The largest absolute Gasteiger partial charge is 0.466 e. The highest BCUT2D eigenvalue weighted by Gasteiger charge is 2.28. The molecule has 0 saturated heterocycles. The Bertz CT molecular complexity index is 702. The van der Waals surface area contributed by atoms with E-state index >= 15 is 0 Å². The lowest BCUT2D eigenvalue weighted by Gasteiger charge is -2.23. The molecule has 1 amide bonds. The van der Waals surface area contributed by atoms with Crippen molar-refractivity contribution in [2.45, 2.75) is 40.2 Å². The normalized spacial score (nSPS) is 13.7. The van der Waals surface area contributed by atoms with Gasteiger partial charge in [-0.3, -0.25) is 9.78 Å². The van der Waals surface area contributed by atoms with Crippen LogP contribution in [0.1, 0.15) is 45.8 Å². The van der Waals surface area contributed by atoms with Gasteiger partial charge in [0.15, 0.2) is 0 Å². The molecule has 118 valence electrons. The molecule has 2 aromatic heterocycles. The summed E-state index contributed by atoms with van der Waals surface area (Å²) >= 11 is 0. The molecule has 0 aliphatic rings. The number of nitrogens with zero attached hydrogens (tertiary/aromatic N) is 1. The van der Waals surface area contributed by atoms with Gasteiger partial charge in [-0.05, 0) is 52.8 Å². The highest BCUT2D eigenvalue weighted by atomic mass is 16.3. The predicted molar refractivity (Wildman–Crippen MR) is 83.8 cm³/mol. The first-order valence-corrected chi connectivity index (χ1v) is 7.23. The summed E-state index contributed by atoms with van der Waals surface area (Å²) < 4.78 is 5.44. The quantitative estimate of drug-likeness (QED) is 0.910. The van der Waals surface area contributed by atoms with Crippen molar-refractivity contribution in [2.24, 2.45) is 0 Å². The number of aryl methyl sites for hydroxylation is 4. The summed E-state index contributed by atoms with van der Waals surface area (Å²) in [5.74, 6) is 1.14. The molecule has 2 N–H and O–H groups in total. The second-order valence-corrected chi connectivity index (χ2v) is 5.87. The monoisotopic (exact) mass is 302 g/mol. The van der Waals surface area contributed by atoms with Gasteiger partial charge in [0.25, 0.3) is 5.91 Å². The van der Waals surface area contributed by atoms with Crippen LogP contribution in [0.25, 0.3) is 0 Å². The van der Waals surface area contributed by atoms with Crippen LogP contribution in [0.3, 0.4) is 0 Å². The van der Waals surface area contributed by atoms with Gasteiger partial charge in [-0.15, -0.1) is 0 Å². The van der Waals surface area contributed by atoms with Crippen molar-refractivity contribution in [2.75, 3.05) is 6.54 Å². The lowest BCUT2D eigenvalue weighted by Crippen LogP contribution is -2.39. The first-order valence-electron chi connectivity index (χ1n) is 7.23. The third kappa shape index (κ3) is 3.36. The molecule has 2 aromatic rings. The molecule has 0 aliphatic heterocycles. The lowest BCUT2D eigenvalue weighted by molar-refractivity contribution is 0.0513. The number of furan rings is 1. The van der Waals surface area contributed by atoms with Crippen molar-refractivity contribution in [3.63, 3.8) is 0 Å². The van der Waals surface area contributed by atoms with Gasteiger partial charge in [-0.1, -0.05) is 0 Å². The van der Waals surface area contributed by atoms with Gasteiger partial charge < -0.3 is 14.8 Å². The predicted octanol–water partition coefficient (Wildman–Crippen LogP) is 2.55. The maximum absolute atomic E-state index is 12.3. The molecule has 1 unspecified atom stereocenters. The molecule has 2 heterocycles. The van der Waals surface area contributed by atoms with Gasteiger partial charge in [0.2, 0.25) is 0 Å². The van der Waals surface area contributed by atoms with Crippen molar-refractivity contribution in [3.05, 3.63) is 52.2 Å². The number of rotatable bonds is 4. The summed E-state index contributed by atoms with van der Waals surface area (Å²) in [5, 5.41) is 13.4. The van der Waals surface area contributed by atoms with E-state index in [1.165, 1.54) is 0 Å². The third-order valence-electron chi connectivity index (χ3n) is 3.68. The van der Waals surface area contributed by atoms with Crippen molar-refractivity contribution < 1.29 is 14.3 Å². The SMILES string of the molecule is Cc1ccc(C(=O)NCC(C)(O)c2cc(C)oc2C)c(C)n1. The number of hydrogen-bond acceptors (Lipinski definition) is 4. The maximum Gasteiger partial charge on any atom is 0.253 e. The van der Waals surface area contributed by atoms with Crippen LogP contribution < -0.4 is 5.32 Å². The topological polar surface area (TPSA) is 75.4 Å². The van der Waals surface area contributed by atoms with E-state index in [1.54, 1.807) is 39.0 Å². The van der Waals surface area contributed by atoms with Crippen molar-refractivity contribution in [1.29, 1.82) is 0 Å². The lowest BCUT2D eigenvalue weighted by atomic mass is 9.96. The van der Waals surface area contributed by atoms with E-state index in [4.69, 9.17) is 4.42 Å². The van der Waals surface area contributed by atoms with Gasteiger partial charge in [-0.2, -0.15) is 0 Å². The molecule has 2 rings (SSSR count). The average molecular weight is 302 g/mol. The second-order valence-electron chi connectivity index (χ2n) is 5.87. The van der Waals surface area contributed by atoms with E-state index in [9.17, 15) is 9.90 Å². The van der Waals surface area contributed by atoms with Gasteiger partial charge in [0.05, 0.1) is 17.8 Å². The highest BCUT2D eigenvalue weighted by Crippen LogP contribution is 2.26. The molecule has 0 spiro atoms. The van der Waals surface area contributed by atoms with Crippen molar-refractivity contribution in [1.82, 2.24) is 10.3 Å². The number of pyridine rings is 1. The zero-order chi connectivity index (χ0) is 16.5. The number of aliphatic hydroxyl groups is 1. The fourth-order valence-corrected chi connectivity index (χ4v) is 2.53. The Morgan fingerprint density at radius 2 is 2.00 bits per heavy atom. The van der Waals surface area contributed by atoms with E-state index in [0.29, 0.717) is 22.6 Å². The Balaban J connectivity index is 2.11. The molecule has 0 bridgehead atoms.